The Morgan fingerprint density at radius 2 is 2.47 bits per heavy atom. The van der Waals surface area contributed by atoms with Crippen LogP contribution in [0.25, 0.3) is 0 Å². The number of hydrogen-bond donors (Lipinski definition) is 1. The summed E-state index contributed by atoms with van der Waals surface area (Å²) in [4.78, 5) is 15.1. The average Bonchev–Trinajstić information content (AvgIpc) is 2.29. The lowest BCUT2D eigenvalue weighted by Gasteiger charge is -2.06. The molecule has 0 aromatic carbocycles. The SMILES string of the molecule is CNc1ncccc1CSCC(=O)OC. The van der Waals surface area contributed by atoms with Crippen LogP contribution in [0.15, 0.2) is 18.3 Å². The van der Waals surface area contributed by atoms with Gasteiger partial charge >= 0.3 is 5.97 Å². The van der Waals surface area contributed by atoms with Crippen LogP contribution >= 0.6 is 11.8 Å². The van der Waals surface area contributed by atoms with E-state index in [1.807, 2.05) is 19.2 Å². The zero-order valence-electron chi connectivity index (χ0n) is 8.82. The van der Waals surface area contributed by atoms with Crippen molar-refractivity contribution in [3.8, 4) is 0 Å². The zero-order valence-corrected chi connectivity index (χ0v) is 9.63. The van der Waals surface area contributed by atoms with Crippen LogP contribution in [0, 0.1) is 0 Å². The van der Waals surface area contributed by atoms with E-state index in [9.17, 15) is 4.79 Å². The Balaban J connectivity index is 2.46. The molecule has 5 heteroatoms. The number of anilines is 1. The van der Waals surface area contributed by atoms with Gasteiger partial charge in [-0.25, -0.2) is 4.98 Å². The predicted molar refractivity (Wildman–Crippen MR) is 62.0 cm³/mol. The van der Waals surface area contributed by atoms with E-state index in [2.05, 4.69) is 15.0 Å². The summed E-state index contributed by atoms with van der Waals surface area (Å²) in [7, 11) is 3.23. The van der Waals surface area contributed by atoms with Gasteiger partial charge in [0.05, 0.1) is 12.9 Å². The van der Waals surface area contributed by atoms with Crippen molar-refractivity contribution in [2.24, 2.45) is 0 Å². The second kappa shape index (κ2) is 6.29. The van der Waals surface area contributed by atoms with Gasteiger partial charge in [0.1, 0.15) is 5.82 Å². The second-order valence-corrected chi connectivity index (χ2v) is 3.82. The largest absolute Gasteiger partial charge is 0.468 e. The number of thioether (sulfide) groups is 1. The first kappa shape index (κ1) is 11.8. The summed E-state index contributed by atoms with van der Waals surface area (Å²) < 4.78 is 4.55. The number of rotatable bonds is 5. The summed E-state index contributed by atoms with van der Waals surface area (Å²) in [5, 5.41) is 3.01. The number of esters is 1. The van der Waals surface area contributed by atoms with Crippen molar-refractivity contribution >= 4 is 23.5 Å². The summed E-state index contributed by atoms with van der Waals surface area (Å²) in [6.45, 7) is 0. The quantitative estimate of drug-likeness (QED) is 0.772. The molecule has 82 valence electrons. The summed E-state index contributed by atoms with van der Waals surface area (Å²) >= 11 is 1.51. The molecule has 0 atom stereocenters. The molecule has 0 aliphatic rings. The Morgan fingerprint density at radius 1 is 1.67 bits per heavy atom. The molecule has 1 N–H and O–H groups in total. The van der Waals surface area contributed by atoms with Crippen molar-refractivity contribution in [2.75, 3.05) is 25.2 Å². The number of aromatic nitrogens is 1. The lowest BCUT2D eigenvalue weighted by atomic mass is 10.3. The Bertz CT molecular complexity index is 331. The van der Waals surface area contributed by atoms with Crippen LogP contribution in [0.5, 0.6) is 0 Å². The summed E-state index contributed by atoms with van der Waals surface area (Å²) in [6, 6.07) is 3.87. The minimum Gasteiger partial charge on any atom is -0.468 e. The normalized spacial score (nSPS) is 9.73. The van der Waals surface area contributed by atoms with E-state index in [1.165, 1.54) is 18.9 Å². The lowest BCUT2D eigenvalue weighted by molar-refractivity contribution is -0.137. The molecule has 0 aliphatic carbocycles. The molecule has 0 bridgehead atoms. The number of pyridine rings is 1. The molecule has 1 heterocycles. The third-order valence-electron chi connectivity index (χ3n) is 1.83. The average molecular weight is 226 g/mol. The van der Waals surface area contributed by atoms with E-state index in [1.54, 1.807) is 6.20 Å². The maximum absolute atomic E-state index is 10.9. The van der Waals surface area contributed by atoms with E-state index in [0.29, 0.717) is 5.75 Å². The van der Waals surface area contributed by atoms with Gasteiger partial charge < -0.3 is 10.1 Å². The van der Waals surface area contributed by atoms with Gasteiger partial charge in [-0.3, -0.25) is 4.79 Å². The van der Waals surface area contributed by atoms with Crippen LogP contribution in [0.2, 0.25) is 0 Å². The maximum atomic E-state index is 10.9. The van der Waals surface area contributed by atoms with Crippen LogP contribution in [0.4, 0.5) is 5.82 Å². The highest BCUT2D eigenvalue weighted by atomic mass is 32.2. The first-order valence-corrected chi connectivity index (χ1v) is 5.69. The number of carbonyl (C=O) groups excluding carboxylic acids is 1. The van der Waals surface area contributed by atoms with Crippen molar-refractivity contribution in [2.45, 2.75) is 5.75 Å². The molecule has 0 radical (unpaired) electrons. The van der Waals surface area contributed by atoms with Gasteiger partial charge in [-0.05, 0) is 6.07 Å². The number of nitrogens with one attached hydrogen (secondary N) is 1. The monoisotopic (exact) mass is 226 g/mol. The fourth-order valence-electron chi connectivity index (χ4n) is 1.08. The molecule has 4 nitrogen and oxygen atoms in total. The van der Waals surface area contributed by atoms with E-state index >= 15 is 0 Å². The number of nitrogens with zero attached hydrogens (tertiary/aromatic N) is 1. The molecule has 1 aromatic heterocycles. The molecule has 0 saturated carbocycles. The lowest BCUT2D eigenvalue weighted by Crippen LogP contribution is -2.04. The third-order valence-corrected chi connectivity index (χ3v) is 2.79. The van der Waals surface area contributed by atoms with Gasteiger partial charge in [0.2, 0.25) is 0 Å². The first-order chi connectivity index (χ1) is 7.27. The highest BCUT2D eigenvalue weighted by molar-refractivity contribution is 7.99. The summed E-state index contributed by atoms with van der Waals surface area (Å²) in [6.07, 6.45) is 1.74. The van der Waals surface area contributed by atoms with Crippen LogP contribution in [-0.2, 0) is 15.3 Å². The number of hydrogen-bond acceptors (Lipinski definition) is 5. The van der Waals surface area contributed by atoms with Crippen molar-refractivity contribution in [1.82, 2.24) is 4.98 Å². The second-order valence-electron chi connectivity index (χ2n) is 2.83. The van der Waals surface area contributed by atoms with Crippen molar-refractivity contribution in [1.29, 1.82) is 0 Å². The van der Waals surface area contributed by atoms with E-state index in [-0.39, 0.29) is 5.97 Å². The number of ether oxygens (including phenoxy) is 1. The molecule has 1 rings (SSSR count). The Morgan fingerprint density at radius 3 is 3.13 bits per heavy atom. The van der Waals surface area contributed by atoms with Gasteiger partial charge in [-0.2, -0.15) is 0 Å². The molecule has 0 amide bonds. The Hall–Kier alpha value is -1.23. The Kier molecular flexibility index (Phi) is 4.97. The smallest absolute Gasteiger partial charge is 0.315 e. The third kappa shape index (κ3) is 3.79. The van der Waals surface area contributed by atoms with Gasteiger partial charge in [0.15, 0.2) is 0 Å². The molecule has 0 aliphatic heterocycles. The first-order valence-electron chi connectivity index (χ1n) is 4.54. The van der Waals surface area contributed by atoms with E-state index < -0.39 is 0 Å². The molecule has 15 heavy (non-hydrogen) atoms. The molecule has 0 spiro atoms. The van der Waals surface area contributed by atoms with Crippen molar-refractivity contribution in [3.05, 3.63) is 23.9 Å². The fourth-order valence-corrected chi connectivity index (χ4v) is 1.92. The standard InChI is InChI=1S/C10H14N2O2S/c1-11-10-8(4-3-5-12-10)6-15-7-9(13)14-2/h3-5H,6-7H2,1-2H3,(H,11,12). The number of carbonyl (C=O) groups is 1. The van der Waals surface area contributed by atoms with Crippen LogP contribution in [0.1, 0.15) is 5.56 Å². The van der Waals surface area contributed by atoms with Gasteiger partial charge in [-0.15, -0.1) is 11.8 Å². The molecular formula is C10H14N2O2S. The van der Waals surface area contributed by atoms with Gasteiger partial charge in [0.25, 0.3) is 0 Å². The van der Waals surface area contributed by atoms with Crippen LogP contribution < -0.4 is 5.32 Å². The number of methoxy groups -OCH3 is 1. The van der Waals surface area contributed by atoms with E-state index in [0.717, 1.165) is 17.1 Å². The van der Waals surface area contributed by atoms with Crippen molar-refractivity contribution < 1.29 is 9.53 Å². The van der Waals surface area contributed by atoms with Crippen LogP contribution in [0.3, 0.4) is 0 Å². The predicted octanol–water partition coefficient (Wildman–Crippen LogP) is 1.53. The van der Waals surface area contributed by atoms with Crippen molar-refractivity contribution in [3.63, 3.8) is 0 Å². The summed E-state index contributed by atoms with van der Waals surface area (Å²) in [5.74, 6) is 1.78. The van der Waals surface area contributed by atoms with E-state index in [4.69, 9.17) is 0 Å². The topological polar surface area (TPSA) is 51.2 Å². The zero-order chi connectivity index (χ0) is 11.1. The van der Waals surface area contributed by atoms with Gasteiger partial charge in [0, 0.05) is 24.6 Å². The molecule has 1 aromatic rings. The molecular weight excluding hydrogens is 212 g/mol. The highest BCUT2D eigenvalue weighted by Gasteiger charge is 2.04. The minimum absolute atomic E-state index is 0.199. The highest BCUT2D eigenvalue weighted by Crippen LogP contribution is 2.18. The summed E-state index contributed by atoms with van der Waals surface area (Å²) in [5.41, 5.74) is 1.09. The molecule has 0 fully saturated rings. The molecule has 0 saturated heterocycles. The Labute approximate surface area is 93.4 Å². The minimum atomic E-state index is -0.199. The fraction of sp³-hybridized carbons (Fsp3) is 0.400. The maximum Gasteiger partial charge on any atom is 0.315 e. The molecule has 0 unspecified atom stereocenters. The van der Waals surface area contributed by atoms with Gasteiger partial charge in [-0.1, -0.05) is 6.07 Å². The van der Waals surface area contributed by atoms with Crippen LogP contribution in [-0.4, -0.2) is 30.9 Å².